The van der Waals surface area contributed by atoms with Gasteiger partial charge in [0.25, 0.3) is 0 Å². The molecule has 0 unspecified atom stereocenters. The lowest BCUT2D eigenvalue weighted by atomic mass is 10.0. The summed E-state index contributed by atoms with van der Waals surface area (Å²) in [6.07, 6.45) is 0. The summed E-state index contributed by atoms with van der Waals surface area (Å²) in [5.41, 5.74) is 6.11. The molecule has 1 nitrogen and oxygen atoms in total. The summed E-state index contributed by atoms with van der Waals surface area (Å²) >= 11 is 1.76. The van der Waals surface area contributed by atoms with Crippen molar-refractivity contribution in [3.63, 3.8) is 0 Å². The Morgan fingerprint density at radius 2 is 1.20 bits per heavy atom. The number of aromatic nitrogens is 1. The Hall–Kier alpha value is -1.93. The van der Waals surface area contributed by atoms with E-state index >= 15 is 0 Å². The fraction of sp³-hybridized carbons (Fsp3) is 0.167. The summed E-state index contributed by atoms with van der Waals surface area (Å²) < 4.78 is 0. The van der Waals surface area contributed by atoms with E-state index in [1.54, 1.807) is 11.3 Å². The molecule has 0 atom stereocenters. The average Bonchev–Trinajstić information content (AvgIpc) is 2.79. The Morgan fingerprint density at radius 3 is 1.70 bits per heavy atom. The second-order valence-corrected chi connectivity index (χ2v) is 6.49. The number of rotatable bonds is 2. The van der Waals surface area contributed by atoms with Crippen LogP contribution in [0.3, 0.4) is 0 Å². The first kappa shape index (κ1) is 13.1. The summed E-state index contributed by atoms with van der Waals surface area (Å²) in [7, 11) is 0. The van der Waals surface area contributed by atoms with Crippen molar-refractivity contribution in [2.45, 2.75) is 20.8 Å². The van der Waals surface area contributed by atoms with E-state index in [1.807, 2.05) is 0 Å². The van der Waals surface area contributed by atoms with Crippen LogP contribution < -0.4 is 0 Å². The predicted molar refractivity (Wildman–Crippen MR) is 87.2 cm³/mol. The second-order valence-electron chi connectivity index (χ2n) is 5.08. The Balaban J connectivity index is 1.95. The first-order chi connectivity index (χ1) is 9.63. The van der Waals surface area contributed by atoms with Gasteiger partial charge in [-0.05, 0) is 31.9 Å². The molecule has 0 N–H and O–H groups in total. The number of hydrogen-bond acceptors (Lipinski definition) is 2. The lowest BCUT2D eigenvalue weighted by molar-refractivity contribution is 1.28. The van der Waals surface area contributed by atoms with Crippen molar-refractivity contribution in [3.8, 4) is 22.4 Å². The SMILES string of the molecule is Cc1ccc(-c2ccc(-c3nc(C)sc3C)cc2)cc1. The smallest absolute Gasteiger partial charge is 0.0904 e. The van der Waals surface area contributed by atoms with Crippen molar-refractivity contribution in [2.24, 2.45) is 0 Å². The van der Waals surface area contributed by atoms with Crippen LogP contribution in [0.1, 0.15) is 15.4 Å². The van der Waals surface area contributed by atoms with Gasteiger partial charge in [0.15, 0.2) is 0 Å². The Morgan fingerprint density at radius 1 is 0.700 bits per heavy atom. The molecule has 3 rings (SSSR count). The van der Waals surface area contributed by atoms with Crippen LogP contribution in [-0.2, 0) is 0 Å². The van der Waals surface area contributed by atoms with Gasteiger partial charge in [0.2, 0.25) is 0 Å². The fourth-order valence-electron chi connectivity index (χ4n) is 2.36. The van der Waals surface area contributed by atoms with Crippen molar-refractivity contribution >= 4 is 11.3 Å². The summed E-state index contributed by atoms with van der Waals surface area (Å²) in [5.74, 6) is 0. The fourth-order valence-corrected chi connectivity index (χ4v) is 3.20. The van der Waals surface area contributed by atoms with Gasteiger partial charge in [0.1, 0.15) is 0 Å². The summed E-state index contributed by atoms with van der Waals surface area (Å²) in [6, 6.07) is 17.3. The van der Waals surface area contributed by atoms with Crippen LogP contribution in [0.15, 0.2) is 48.5 Å². The van der Waals surface area contributed by atoms with Crippen molar-refractivity contribution < 1.29 is 0 Å². The Bertz CT molecular complexity index is 721. The van der Waals surface area contributed by atoms with E-state index in [-0.39, 0.29) is 0 Å². The zero-order chi connectivity index (χ0) is 14.1. The van der Waals surface area contributed by atoms with Gasteiger partial charge in [0.05, 0.1) is 10.7 Å². The number of aryl methyl sites for hydroxylation is 3. The molecule has 0 spiro atoms. The molecule has 0 aliphatic heterocycles. The molecule has 1 aromatic heterocycles. The molecule has 0 saturated carbocycles. The van der Waals surface area contributed by atoms with E-state index in [0.717, 1.165) is 10.7 Å². The zero-order valence-corrected chi connectivity index (χ0v) is 12.8. The third kappa shape index (κ3) is 2.52. The molecule has 0 aliphatic carbocycles. The second kappa shape index (κ2) is 5.22. The third-order valence-corrected chi connectivity index (χ3v) is 4.33. The molecule has 2 heteroatoms. The van der Waals surface area contributed by atoms with Crippen LogP contribution >= 0.6 is 11.3 Å². The van der Waals surface area contributed by atoms with Crippen molar-refractivity contribution in [1.82, 2.24) is 4.98 Å². The largest absolute Gasteiger partial charge is 0.241 e. The highest BCUT2D eigenvalue weighted by Crippen LogP contribution is 2.29. The number of benzene rings is 2. The predicted octanol–water partition coefficient (Wildman–Crippen LogP) is 5.40. The standard InChI is InChI=1S/C18H17NS/c1-12-4-6-15(7-5-12)16-8-10-17(11-9-16)18-13(2)20-14(3)19-18/h4-11H,1-3H3. The molecule has 20 heavy (non-hydrogen) atoms. The number of thiazole rings is 1. The molecule has 0 bridgehead atoms. The highest BCUT2D eigenvalue weighted by Gasteiger charge is 2.07. The van der Waals surface area contributed by atoms with Gasteiger partial charge in [-0.2, -0.15) is 0 Å². The molecule has 1 heterocycles. The van der Waals surface area contributed by atoms with Gasteiger partial charge in [-0.1, -0.05) is 54.1 Å². The van der Waals surface area contributed by atoms with Crippen molar-refractivity contribution in [2.75, 3.05) is 0 Å². The van der Waals surface area contributed by atoms with Crippen LogP contribution in [0.5, 0.6) is 0 Å². The summed E-state index contributed by atoms with van der Waals surface area (Å²) in [6.45, 7) is 6.30. The minimum absolute atomic E-state index is 1.11. The highest BCUT2D eigenvalue weighted by molar-refractivity contribution is 7.11. The van der Waals surface area contributed by atoms with Gasteiger partial charge < -0.3 is 0 Å². The molecule has 2 aromatic carbocycles. The maximum absolute atomic E-state index is 4.61. The van der Waals surface area contributed by atoms with Crippen LogP contribution in [0.2, 0.25) is 0 Å². The zero-order valence-electron chi connectivity index (χ0n) is 12.0. The van der Waals surface area contributed by atoms with Crippen LogP contribution in [0.25, 0.3) is 22.4 Å². The topological polar surface area (TPSA) is 12.9 Å². The monoisotopic (exact) mass is 279 g/mol. The van der Waals surface area contributed by atoms with Crippen molar-refractivity contribution in [1.29, 1.82) is 0 Å². The molecule has 100 valence electrons. The van der Waals surface area contributed by atoms with Gasteiger partial charge in [-0.25, -0.2) is 4.98 Å². The minimum atomic E-state index is 1.11. The quantitative estimate of drug-likeness (QED) is 0.612. The van der Waals surface area contributed by atoms with E-state index in [4.69, 9.17) is 0 Å². The third-order valence-electron chi connectivity index (χ3n) is 3.45. The van der Waals surface area contributed by atoms with E-state index in [2.05, 4.69) is 74.3 Å². The van der Waals surface area contributed by atoms with E-state index in [0.29, 0.717) is 0 Å². The molecule has 0 saturated heterocycles. The highest BCUT2D eigenvalue weighted by atomic mass is 32.1. The molecule has 3 aromatic rings. The van der Waals surface area contributed by atoms with E-state index in [9.17, 15) is 0 Å². The Kier molecular flexibility index (Phi) is 3.41. The molecule has 0 aliphatic rings. The van der Waals surface area contributed by atoms with E-state index in [1.165, 1.54) is 27.1 Å². The lowest BCUT2D eigenvalue weighted by Crippen LogP contribution is -1.83. The minimum Gasteiger partial charge on any atom is -0.241 e. The van der Waals surface area contributed by atoms with Crippen LogP contribution in [-0.4, -0.2) is 4.98 Å². The summed E-state index contributed by atoms with van der Waals surface area (Å²) in [4.78, 5) is 5.90. The van der Waals surface area contributed by atoms with E-state index < -0.39 is 0 Å². The van der Waals surface area contributed by atoms with Crippen LogP contribution in [0.4, 0.5) is 0 Å². The van der Waals surface area contributed by atoms with Gasteiger partial charge >= 0.3 is 0 Å². The van der Waals surface area contributed by atoms with Crippen molar-refractivity contribution in [3.05, 3.63) is 64.0 Å². The van der Waals surface area contributed by atoms with Crippen LogP contribution in [0, 0.1) is 20.8 Å². The normalized spacial score (nSPS) is 10.8. The molecule has 0 amide bonds. The van der Waals surface area contributed by atoms with Gasteiger partial charge in [-0.15, -0.1) is 11.3 Å². The molecule has 0 fully saturated rings. The number of nitrogens with zero attached hydrogens (tertiary/aromatic N) is 1. The molecular weight excluding hydrogens is 262 g/mol. The first-order valence-electron chi connectivity index (χ1n) is 6.75. The average molecular weight is 279 g/mol. The maximum atomic E-state index is 4.61. The summed E-state index contributed by atoms with van der Waals surface area (Å²) in [5, 5.41) is 1.13. The van der Waals surface area contributed by atoms with Gasteiger partial charge in [-0.3, -0.25) is 0 Å². The molecular formula is C18H17NS. The van der Waals surface area contributed by atoms with Gasteiger partial charge in [0, 0.05) is 10.4 Å². The molecule has 0 radical (unpaired) electrons. The number of hydrogen-bond donors (Lipinski definition) is 0. The Labute approximate surface area is 124 Å². The first-order valence-corrected chi connectivity index (χ1v) is 7.56. The lowest BCUT2D eigenvalue weighted by Gasteiger charge is -2.04. The maximum Gasteiger partial charge on any atom is 0.0904 e.